The number of aldehydes is 1. The molecule has 0 unspecified atom stereocenters. The van der Waals surface area contributed by atoms with E-state index < -0.39 is 36.3 Å². The predicted molar refractivity (Wildman–Crippen MR) is 152 cm³/mol. The van der Waals surface area contributed by atoms with Gasteiger partial charge in [0.25, 0.3) is 11.8 Å². The van der Waals surface area contributed by atoms with Crippen molar-refractivity contribution in [3.8, 4) is 0 Å². The molecule has 41 heavy (non-hydrogen) atoms. The van der Waals surface area contributed by atoms with E-state index in [0.717, 1.165) is 5.56 Å². The predicted octanol–water partition coefficient (Wildman–Crippen LogP) is 2.07. The van der Waals surface area contributed by atoms with Gasteiger partial charge in [-0.1, -0.05) is 60.7 Å². The summed E-state index contributed by atoms with van der Waals surface area (Å²) in [6.45, 7) is 0.633. The number of anilines is 2. The van der Waals surface area contributed by atoms with E-state index >= 15 is 0 Å². The summed E-state index contributed by atoms with van der Waals surface area (Å²) in [5.74, 6) is -2.39. The fourth-order valence-corrected chi connectivity index (χ4v) is 4.63. The molecule has 1 aliphatic heterocycles. The van der Waals surface area contributed by atoms with Crippen molar-refractivity contribution in [2.45, 2.75) is 31.8 Å². The first-order chi connectivity index (χ1) is 19.8. The van der Waals surface area contributed by atoms with Crippen LogP contribution in [-0.4, -0.2) is 60.9 Å². The monoisotopic (exact) mass is 554 g/mol. The topological polar surface area (TPSA) is 133 Å². The first kappa shape index (κ1) is 28.9. The molecule has 3 aromatic rings. The van der Waals surface area contributed by atoms with Crippen molar-refractivity contribution in [1.29, 1.82) is 0 Å². The van der Waals surface area contributed by atoms with Crippen molar-refractivity contribution >= 4 is 47.1 Å². The van der Waals surface area contributed by atoms with Gasteiger partial charge in [0.2, 0.25) is 11.8 Å². The van der Waals surface area contributed by atoms with E-state index in [2.05, 4.69) is 10.6 Å². The maximum absolute atomic E-state index is 13.9. The molecule has 10 nitrogen and oxygen atoms in total. The summed E-state index contributed by atoms with van der Waals surface area (Å²) in [4.78, 5) is 79.2. The normalized spacial score (nSPS) is 15.2. The zero-order chi connectivity index (χ0) is 29.4. The maximum Gasteiger partial charge on any atom is 0.251 e. The molecule has 1 heterocycles. The smallest absolute Gasteiger partial charge is 0.251 e. The molecule has 2 N–H and O–H groups in total. The average molecular weight is 555 g/mol. The third kappa shape index (κ3) is 7.30. The number of para-hydroxylation sites is 2. The summed E-state index contributed by atoms with van der Waals surface area (Å²) < 4.78 is 0. The highest BCUT2D eigenvalue weighted by Crippen LogP contribution is 2.33. The van der Waals surface area contributed by atoms with E-state index in [1.165, 1.54) is 16.7 Å². The highest BCUT2D eigenvalue weighted by atomic mass is 16.2. The van der Waals surface area contributed by atoms with Crippen molar-refractivity contribution < 1.29 is 28.8 Å². The zero-order valence-corrected chi connectivity index (χ0v) is 22.5. The van der Waals surface area contributed by atoms with Gasteiger partial charge >= 0.3 is 0 Å². The molecule has 0 radical (unpaired) electrons. The Kier molecular flexibility index (Phi) is 9.36. The largest absolute Gasteiger partial charge is 0.345 e. The molecule has 2 atom stereocenters. The number of ketones is 1. The molecule has 4 amide bonds. The third-order valence-electron chi connectivity index (χ3n) is 6.55. The molecule has 0 aromatic heterocycles. The van der Waals surface area contributed by atoms with Gasteiger partial charge < -0.3 is 20.3 Å². The molecule has 210 valence electrons. The van der Waals surface area contributed by atoms with Gasteiger partial charge in [-0.15, -0.1) is 0 Å². The van der Waals surface area contributed by atoms with Crippen LogP contribution < -0.4 is 20.4 Å². The first-order valence-corrected chi connectivity index (χ1v) is 13.1. The van der Waals surface area contributed by atoms with Crippen LogP contribution in [0.3, 0.4) is 0 Å². The van der Waals surface area contributed by atoms with E-state index in [-0.39, 0.29) is 31.1 Å². The molecular formula is C31H30N4O6. The average Bonchev–Trinajstić information content (AvgIpc) is 3.08. The fraction of sp³-hybridized carbons (Fsp3) is 0.226. The Hall–Kier alpha value is -5.12. The molecule has 3 aromatic carbocycles. The fourth-order valence-electron chi connectivity index (χ4n) is 4.63. The van der Waals surface area contributed by atoms with Gasteiger partial charge in [-0.25, -0.2) is 0 Å². The molecule has 0 bridgehead atoms. The molecule has 10 heteroatoms. The van der Waals surface area contributed by atoms with Crippen molar-refractivity contribution in [1.82, 2.24) is 10.6 Å². The lowest BCUT2D eigenvalue weighted by molar-refractivity contribution is -0.127. The van der Waals surface area contributed by atoms with Crippen LogP contribution in [0.15, 0.2) is 84.9 Å². The molecule has 1 aliphatic rings. The molecule has 0 aliphatic carbocycles. The number of rotatable bonds is 10. The molecule has 0 saturated heterocycles. The van der Waals surface area contributed by atoms with Crippen LogP contribution >= 0.6 is 0 Å². The van der Waals surface area contributed by atoms with Gasteiger partial charge in [-0.05, 0) is 36.8 Å². The van der Waals surface area contributed by atoms with Gasteiger partial charge in [0.1, 0.15) is 24.7 Å². The number of carbonyl (C=O) groups excluding carboxylic acids is 6. The Labute approximate surface area is 237 Å². The van der Waals surface area contributed by atoms with Gasteiger partial charge in [0, 0.05) is 12.0 Å². The van der Waals surface area contributed by atoms with E-state index in [9.17, 15) is 28.8 Å². The Morgan fingerprint density at radius 1 is 0.902 bits per heavy atom. The second-order valence-corrected chi connectivity index (χ2v) is 9.69. The van der Waals surface area contributed by atoms with Crippen LogP contribution in [-0.2, 0) is 30.4 Å². The Morgan fingerprint density at radius 3 is 2.15 bits per heavy atom. The Bertz CT molecular complexity index is 1440. The van der Waals surface area contributed by atoms with Crippen LogP contribution in [0.2, 0.25) is 0 Å². The highest BCUT2D eigenvalue weighted by molar-refractivity contribution is 6.11. The summed E-state index contributed by atoms with van der Waals surface area (Å²) in [6, 6.07) is 21.9. The van der Waals surface area contributed by atoms with Crippen LogP contribution in [0, 0.1) is 0 Å². The zero-order valence-electron chi connectivity index (χ0n) is 22.5. The summed E-state index contributed by atoms with van der Waals surface area (Å²) in [6.07, 6.45) is 0.330. The summed E-state index contributed by atoms with van der Waals surface area (Å²) >= 11 is 0. The number of benzene rings is 3. The minimum atomic E-state index is -1.19. The van der Waals surface area contributed by atoms with Crippen molar-refractivity contribution in [2.75, 3.05) is 22.9 Å². The van der Waals surface area contributed by atoms with E-state index in [4.69, 9.17) is 0 Å². The number of hydrogen-bond acceptors (Lipinski definition) is 6. The van der Waals surface area contributed by atoms with Crippen molar-refractivity contribution in [3.05, 3.63) is 96.1 Å². The lowest BCUT2D eigenvalue weighted by atomic mass is 10.1. The van der Waals surface area contributed by atoms with Gasteiger partial charge in [-0.2, -0.15) is 0 Å². The van der Waals surface area contributed by atoms with Gasteiger partial charge in [-0.3, -0.25) is 28.9 Å². The van der Waals surface area contributed by atoms with E-state index in [0.29, 0.717) is 23.2 Å². The molecule has 0 fully saturated rings. The number of nitrogens with one attached hydrogen (secondary N) is 2. The van der Waals surface area contributed by atoms with Crippen molar-refractivity contribution in [2.24, 2.45) is 0 Å². The lowest BCUT2D eigenvalue weighted by Crippen LogP contribution is -2.54. The quantitative estimate of drug-likeness (QED) is 0.369. The third-order valence-corrected chi connectivity index (χ3v) is 6.55. The van der Waals surface area contributed by atoms with Gasteiger partial charge in [0.05, 0.1) is 30.4 Å². The molecular weight excluding hydrogens is 524 g/mol. The second kappa shape index (κ2) is 13.3. The summed E-state index contributed by atoms with van der Waals surface area (Å²) in [7, 11) is 0. The SMILES string of the molecule is CC(=O)C[C@@H](C=O)NC(=O)CN1C(=O)[C@@H](NC(=O)c2ccccc2)CN(C(=O)Cc2ccccc2)c2ccccc21. The minimum Gasteiger partial charge on any atom is -0.345 e. The molecule has 4 rings (SSSR count). The molecule has 0 spiro atoms. The number of amides is 4. The number of nitrogens with zero attached hydrogens (tertiary/aromatic N) is 2. The number of hydrogen-bond donors (Lipinski definition) is 2. The van der Waals surface area contributed by atoms with Gasteiger partial charge in [0.15, 0.2) is 0 Å². The van der Waals surface area contributed by atoms with E-state index in [1.54, 1.807) is 54.6 Å². The van der Waals surface area contributed by atoms with Crippen molar-refractivity contribution in [3.63, 3.8) is 0 Å². The Morgan fingerprint density at radius 2 is 1.51 bits per heavy atom. The second-order valence-electron chi connectivity index (χ2n) is 9.69. The highest BCUT2D eigenvalue weighted by Gasteiger charge is 2.37. The molecule has 0 saturated carbocycles. The van der Waals surface area contributed by atoms with Crippen LogP contribution in [0.25, 0.3) is 0 Å². The number of fused-ring (bicyclic) bond motifs is 1. The summed E-state index contributed by atoms with van der Waals surface area (Å²) in [5.41, 5.74) is 1.78. The standard InChI is InChI=1S/C31H30N4O6/c1-21(37)16-24(20-36)32-28(38)19-35-27-15-9-8-14-26(27)34(29(39)17-22-10-4-2-5-11-22)18-25(31(35)41)33-30(40)23-12-6-3-7-13-23/h2-15,20,24-25H,16-19H2,1H3,(H,32,38)(H,33,40)/t24-,25-/m0/s1. The van der Waals surface area contributed by atoms with E-state index in [1.807, 2.05) is 30.3 Å². The van der Waals surface area contributed by atoms with Crippen LogP contribution in [0.4, 0.5) is 11.4 Å². The first-order valence-electron chi connectivity index (χ1n) is 13.1. The number of Topliss-reactive ketones (excluding diaryl/α,β-unsaturated/α-hetero) is 1. The maximum atomic E-state index is 13.9. The Balaban J connectivity index is 1.69. The number of carbonyl (C=O) groups is 6. The van der Waals surface area contributed by atoms with Crippen LogP contribution in [0.5, 0.6) is 0 Å². The minimum absolute atomic E-state index is 0.0509. The van der Waals surface area contributed by atoms with Crippen LogP contribution in [0.1, 0.15) is 29.3 Å². The summed E-state index contributed by atoms with van der Waals surface area (Å²) in [5, 5.41) is 5.21. The lowest BCUT2D eigenvalue weighted by Gasteiger charge is -2.25.